The fraction of sp³-hybridized carbons (Fsp3) is 0.0462. The van der Waals surface area contributed by atoms with Crippen LogP contribution in [0.25, 0.3) is 126 Å². The van der Waals surface area contributed by atoms with E-state index in [-0.39, 0.29) is 5.41 Å². The standard InChI is InChI=1S/C65H40N6/c1-65(2)49-28-12-4-20-39(49)46-36-37-57-58(59(46)65)47-27-11-19-35-56(47)71(57)61-48(38-66)62(68-50-29-13-5-21-40(50)41-22-6-14-30-51(41)68)64(70-54-33-17-9-25-44(54)45-26-10-18-34-55(45)70)63(60(61)67-3)69-52-31-15-7-23-42(52)43-24-8-16-32-53(43)69/h4-37H,1-2H3. The molecule has 4 aromatic heterocycles. The molecule has 15 rings (SSSR count). The third-order valence-electron chi connectivity index (χ3n) is 15.6. The zero-order valence-corrected chi connectivity index (χ0v) is 38.8. The number of para-hydroxylation sites is 7. The minimum atomic E-state index is -0.330. The topological polar surface area (TPSA) is 47.9 Å². The van der Waals surface area contributed by atoms with Gasteiger partial charge in [0.05, 0.1) is 79.0 Å². The van der Waals surface area contributed by atoms with Gasteiger partial charge in [0.1, 0.15) is 6.07 Å². The van der Waals surface area contributed by atoms with Gasteiger partial charge in [0.15, 0.2) is 0 Å². The van der Waals surface area contributed by atoms with Gasteiger partial charge in [-0.15, -0.1) is 0 Å². The zero-order valence-electron chi connectivity index (χ0n) is 38.8. The predicted molar refractivity (Wildman–Crippen MR) is 292 cm³/mol. The summed E-state index contributed by atoms with van der Waals surface area (Å²) in [6.07, 6.45) is 0. The van der Waals surface area contributed by atoms with E-state index >= 15 is 0 Å². The summed E-state index contributed by atoms with van der Waals surface area (Å²) >= 11 is 0. The summed E-state index contributed by atoms with van der Waals surface area (Å²) in [5.41, 5.74) is 15.8. The van der Waals surface area contributed by atoms with Gasteiger partial charge in [0.25, 0.3) is 0 Å². The Labute approximate surface area is 408 Å². The van der Waals surface area contributed by atoms with Gasteiger partial charge in [0.2, 0.25) is 5.69 Å². The summed E-state index contributed by atoms with van der Waals surface area (Å²) in [4.78, 5) is 4.76. The van der Waals surface area contributed by atoms with E-state index < -0.39 is 0 Å². The molecular weight excluding hydrogens is 865 g/mol. The first-order chi connectivity index (χ1) is 35.0. The van der Waals surface area contributed by atoms with Crippen molar-refractivity contribution < 1.29 is 0 Å². The highest BCUT2D eigenvalue weighted by Crippen LogP contribution is 2.56. The average molecular weight is 905 g/mol. The van der Waals surface area contributed by atoms with E-state index in [0.717, 1.165) is 92.9 Å². The Balaban J connectivity index is 1.26. The molecule has 14 aromatic rings. The maximum atomic E-state index is 12.5. The molecular formula is C65H40N6. The van der Waals surface area contributed by atoms with Crippen LogP contribution in [0.4, 0.5) is 5.69 Å². The monoisotopic (exact) mass is 904 g/mol. The Hall–Kier alpha value is -9.62. The summed E-state index contributed by atoms with van der Waals surface area (Å²) in [7, 11) is 0. The molecule has 0 saturated carbocycles. The van der Waals surface area contributed by atoms with Crippen molar-refractivity contribution in [2.45, 2.75) is 19.3 Å². The summed E-state index contributed by atoms with van der Waals surface area (Å²) in [6, 6.07) is 75.8. The smallest absolute Gasteiger partial charge is 0.237 e. The molecule has 330 valence electrons. The van der Waals surface area contributed by atoms with Gasteiger partial charge in [0, 0.05) is 48.5 Å². The molecule has 6 heteroatoms. The quantitative estimate of drug-likeness (QED) is 0.162. The molecule has 4 heterocycles. The van der Waals surface area contributed by atoms with Crippen molar-refractivity contribution in [3.63, 3.8) is 0 Å². The van der Waals surface area contributed by atoms with Crippen LogP contribution in [0.2, 0.25) is 0 Å². The van der Waals surface area contributed by atoms with Crippen molar-refractivity contribution in [3.8, 4) is 39.9 Å². The van der Waals surface area contributed by atoms with Gasteiger partial charge in [-0.2, -0.15) is 5.26 Å². The van der Waals surface area contributed by atoms with Crippen LogP contribution in [-0.4, -0.2) is 18.3 Å². The highest BCUT2D eigenvalue weighted by molar-refractivity contribution is 6.18. The van der Waals surface area contributed by atoms with Crippen LogP contribution in [0.1, 0.15) is 30.5 Å². The van der Waals surface area contributed by atoms with Crippen LogP contribution in [-0.2, 0) is 5.41 Å². The summed E-state index contributed by atoms with van der Waals surface area (Å²) < 4.78 is 9.20. The summed E-state index contributed by atoms with van der Waals surface area (Å²) in [6.45, 7) is 14.4. The number of nitrogens with zero attached hydrogens (tertiary/aromatic N) is 6. The lowest BCUT2D eigenvalue weighted by Gasteiger charge is -2.27. The zero-order chi connectivity index (χ0) is 47.3. The first-order valence-corrected chi connectivity index (χ1v) is 24.1. The highest BCUT2D eigenvalue weighted by atomic mass is 15.1. The third kappa shape index (κ3) is 4.98. The molecule has 0 aliphatic heterocycles. The molecule has 0 amide bonds. The van der Waals surface area contributed by atoms with Crippen molar-refractivity contribution in [2.24, 2.45) is 0 Å². The molecule has 6 nitrogen and oxygen atoms in total. The van der Waals surface area contributed by atoms with E-state index in [2.05, 4.69) is 244 Å². The Morgan fingerprint density at radius 1 is 0.380 bits per heavy atom. The predicted octanol–water partition coefficient (Wildman–Crippen LogP) is 16.8. The highest BCUT2D eigenvalue weighted by Gasteiger charge is 2.40. The second kappa shape index (κ2) is 14.2. The minimum absolute atomic E-state index is 0.330. The Morgan fingerprint density at radius 3 is 1.20 bits per heavy atom. The number of aromatic nitrogens is 4. The van der Waals surface area contributed by atoms with E-state index in [4.69, 9.17) is 4.85 Å². The molecule has 1 aliphatic rings. The molecule has 0 fully saturated rings. The Kier molecular flexibility index (Phi) is 7.88. The van der Waals surface area contributed by atoms with Crippen molar-refractivity contribution in [3.05, 3.63) is 234 Å². The number of benzene rings is 10. The lowest BCUT2D eigenvalue weighted by molar-refractivity contribution is 0.666. The first kappa shape index (κ1) is 39.4. The molecule has 0 bridgehead atoms. The van der Waals surface area contributed by atoms with E-state index in [0.29, 0.717) is 28.3 Å². The van der Waals surface area contributed by atoms with Gasteiger partial charge in [-0.3, -0.25) is 0 Å². The van der Waals surface area contributed by atoms with Crippen molar-refractivity contribution >= 4 is 92.9 Å². The van der Waals surface area contributed by atoms with Crippen LogP contribution in [0.15, 0.2) is 206 Å². The maximum absolute atomic E-state index is 12.5. The molecule has 71 heavy (non-hydrogen) atoms. The summed E-state index contributed by atoms with van der Waals surface area (Å²) in [5, 5.41) is 21.1. The largest absolute Gasteiger partial charge is 0.318 e. The Morgan fingerprint density at radius 2 is 0.746 bits per heavy atom. The molecule has 0 unspecified atom stereocenters. The van der Waals surface area contributed by atoms with Crippen LogP contribution < -0.4 is 0 Å². The van der Waals surface area contributed by atoms with E-state index in [1.165, 1.54) is 22.3 Å². The maximum Gasteiger partial charge on any atom is 0.237 e. The third-order valence-corrected chi connectivity index (χ3v) is 15.6. The van der Waals surface area contributed by atoms with Crippen molar-refractivity contribution in [1.82, 2.24) is 18.3 Å². The number of nitriles is 1. The van der Waals surface area contributed by atoms with Crippen molar-refractivity contribution in [1.29, 1.82) is 5.26 Å². The van der Waals surface area contributed by atoms with Crippen LogP contribution in [0, 0.1) is 17.9 Å². The normalized spacial score (nSPS) is 13.0. The number of hydrogen-bond donors (Lipinski definition) is 0. The van der Waals surface area contributed by atoms with Gasteiger partial charge < -0.3 is 18.3 Å². The fourth-order valence-electron chi connectivity index (χ4n) is 12.8. The Bertz CT molecular complexity index is 4450. The molecule has 0 saturated heterocycles. The molecule has 0 spiro atoms. The average Bonchev–Trinajstić information content (AvgIpc) is 4.19. The second-order valence-corrected chi connectivity index (χ2v) is 19.4. The number of fused-ring (bicyclic) bond motifs is 16. The fourth-order valence-corrected chi connectivity index (χ4v) is 12.8. The van der Waals surface area contributed by atoms with Crippen molar-refractivity contribution in [2.75, 3.05) is 0 Å². The van der Waals surface area contributed by atoms with Crippen LogP contribution >= 0.6 is 0 Å². The van der Waals surface area contributed by atoms with Gasteiger partial charge in [-0.25, -0.2) is 4.85 Å². The second-order valence-electron chi connectivity index (χ2n) is 19.4. The van der Waals surface area contributed by atoms with Gasteiger partial charge in [-0.1, -0.05) is 172 Å². The molecule has 0 atom stereocenters. The lowest BCUT2D eigenvalue weighted by atomic mass is 9.80. The minimum Gasteiger partial charge on any atom is -0.318 e. The van der Waals surface area contributed by atoms with Gasteiger partial charge in [-0.05, 0) is 70.8 Å². The van der Waals surface area contributed by atoms with E-state index in [9.17, 15) is 11.8 Å². The van der Waals surface area contributed by atoms with Crippen LogP contribution in [0.3, 0.4) is 0 Å². The van der Waals surface area contributed by atoms with E-state index in [1.54, 1.807) is 0 Å². The number of rotatable bonds is 4. The summed E-state index contributed by atoms with van der Waals surface area (Å²) in [5.74, 6) is 0. The molecule has 0 N–H and O–H groups in total. The van der Waals surface area contributed by atoms with Gasteiger partial charge >= 0.3 is 0 Å². The molecule has 0 radical (unpaired) electrons. The lowest BCUT2D eigenvalue weighted by Crippen LogP contribution is -2.15. The molecule has 1 aliphatic carbocycles. The SMILES string of the molecule is [C-]#[N+]c1c(-n2c3ccccc3c3ccccc32)c(-n2c3ccccc3c3ccccc32)c(-n2c3ccccc3c3ccccc32)c(C#N)c1-n1c2ccccc2c2c3c(ccc21)-c1ccccc1C3(C)C. The van der Waals surface area contributed by atoms with E-state index in [1.807, 2.05) is 0 Å². The number of hydrogen-bond acceptors (Lipinski definition) is 1. The van der Waals surface area contributed by atoms with Crippen LogP contribution in [0.5, 0.6) is 0 Å². The first-order valence-electron chi connectivity index (χ1n) is 24.1. The molecule has 10 aromatic carbocycles.